The van der Waals surface area contributed by atoms with Gasteiger partial charge < -0.3 is 10.2 Å². The highest BCUT2D eigenvalue weighted by Crippen LogP contribution is 2.23. The Bertz CT molecular complexity index is 283. The van der Waals surface area contributed by atoms with Crippen molar-refractivity contribution in [2.45, 2.75) is 36.6 Å². The van der Waals surface area contributed by atoms with Crippen molar-refractivity contribution in [1.29, 1.82) is 0 Å². The van der Waals surface area contributed by atoms with Crippen molar-refractivity contribution in [3.63, 3.8) is 0 Å². The number of nitrogens with one attached hydrogen (secondary N) is 1. The van der Waals surface area contributed by atoms with Crippen LogP contribution in [0.2, 0.25) is 0 Å². The van der Waals surface area contributed by atoms with Crippen molar-refractivity contribution in [2.24, 2.45) is 0 Å². The van der Waals surface area contributed by atoms with Gasteiger partial charge in [0.15, 0.2) is 0 Å². The van der Waals surface area contributed by atoms with Gasteiger partial charge in [0.2, 0.25) is 11.8 Å². The fourth-order valence-corrected chi connectivity index (χ4v) is 2.80. The van der Waals surface area contributed by atoms with Crippen molar-refractivity contribution in [3.05, 3.63) is 0 Å². The maximum atomic E-state index is 11.9. The molecule has 2 atom stereocenters. The van der Waals surface area contributed by atoms with Crippen LogP contribution in [-0.2, 0) is 9.59 Å². The second-order valence-corrected chi connectivity index (χ2v) is 5.20. The van der Waals surface area contributed by atoms with E-state index in [-0.39, 0.29) is 22.7 Å². The molecule has 2 heterocycles. The van der Waals surface area contributed by atoms with E-state index < -0.39 is 0 Å². The van der Waals surface area contributed by atoms with E-state index in [1.807, 2.05) is 0 Å². The Kier molecular flexibility index (Phi) is 3.29. The molecule has 0 bridgehead atoms. The first-order valence-electron chi connectivity index (χ1n) is 5.42. The number of nitrogens with zero attached hydrogens (tertiary/aromatic N) is 1. The van der Waals surface area contributed by atoms with Crippen LogP contribution >= 0.6 is 15.9 Å². The topological polar surface area (TPSA) is 49.4 Å². The highest BCUT2D eigenvalue weighted by atomic mass is 79.9. The predicted molar refractivity (Wildman–Crippen MR) is 59.7 cm³/mol. The van der Waals surface area contributed by atoms with Gasteiger partial charge in [0.1, 0.15) is 6.04 Å². The van der Waals surface area contributed by atoms with E-state index in [2.05, 4.69) is 21.2 Å². The lowest BCUT2D eigenvalue weighted by molar-refractivity contribution is -0.143. The number of likely N-dealkylation sites (tertiary alicyclic amines) is 1. The van der Waals surface area contributed by atoms with E-state index in [9.17, 15) is 9.59 Å². The third-order valence-electron chi connectivity index (χ3n) is 3.04. The Morgan fingerprint density at radius 2 is 2.07 bits per heavy atom. The molecular weight excluding hydrogens is 260 g/mol. The molecule has 15 heavy (non-hydrogen) atoms. The zero-order valence-corrected chi connectivity index (χ0v) is 10.1. The molecule has 2 saturated heterocycles. The summed E-state index contributed by atoms with van der Waals surface area (Å²) in [5, 5.41) is 2.82. The van der Waals surface area contributed by atoms with Gasteiger partial charge in [0, 0.05) is 13.1 Å². The minimum Gasteiger partial charge on any atom is -0.354 e. The number of alkyl halides is 1. The summed E-state index contributed by atoms with van der Waals surface area (Å²) in [5.74, 6) is 0.0829. The van der Waals surface area contributed by atoms with Gasteiger partial charge in [-0.05, 0) is 25.7 Å². The standard InChI is InChI=1S/C10H15BrN2O2/c11-7-3-2-6-13(10(7)15)8-4-1-5-12-9(8)14/h7-8H,1-6H2,(H,12,14). The molecule has 1 N–H and O–H groups in total. The first-order valence-corrected chi connectivity index (χ1v) is 6.34. The van der Waals surface area contributed by atoms with Gasteiger partial charge in [-0.15, -0.1) is 0 Å². The van der Waals surface area contributed by atoms with Gasteiger partial charge in [0.05, 0.1) is 4.83 Å². The molecule has 5 heteroatoms. The van der Waals surface area contributed by atoms with Crippen LogP contribution in [0.1, 0.15) is 25.7 Å². The number of carbonyl (C=O) groups excluding carboxylic acids is 2. The SMILES string of the molecule is O=C1NCCCC1N1CCCC(Br)C1=O. The molecule has 0 radical (unpaired) electrons. The molecule has 0 aromatic carbocycles. The average Bonchev–Trinajstić information content (AvgIpc) is 2.23. The molecule has 2 rings (SSSR count). The fourth-order valence-electron chi connectivity index (χ4n) is 2.22. The summed E-state index contributed by atoms with van der Waals surface area (Å²) in [7, 11) is 0. The lowest BCUT2D eigenvalue weighted by Crippen LogP contribution is -2.56. The molecule has 4 nitrogen and oxygen atoms in total. The lowest BCUT2D eigenvalue weighted by Gasteiger charge is -2.37. The Labute approximate surface area is 97.5 Å². The number of amides is 2. The summed E-state index contributed by atoms with van der Waals surface area (Å²) in [4.78, 5) is 25.1. The molecule has 2 fully saturated rings. The van der Waals surface area contributed by atoms with Crippen molar-refractivity contribution < 1.29 is 9.59 Å². The minimum absolute atomic E-state index is 0.0104. The Morgan fingerprint density at radius 1 is 1.27 bits per heavy atom. The average molecular weight is 275 g/mol. The third kappa shape index (κ3) is 2.17. The fraction of sp³-hybridized carbons (Fsp3) is 0.800. The lowest BCUT2D eigenvalue weighted by atomic mass is 10.0. The van der Waals surface area contributed by atoms with Crippen molar-refractivity contribution >= 4 is 27.7 Å². The van der Waals surface area contributed by atoms with Gasteiger partial charge in [0.25, 0.3) is 0 Å². The number of piperidine rings is 2. The summed E-state index contributed by atoms with van der Waals surface area (Å²) in [6, 6.07) is -0.230. The second-order valence-electron chi connectivity index (χ2n) is 4.09. The molecule has 0 aromatic heterocycles. The third-order valence-corrected chi connectivity index (χ3v) is 3.89. The van der Waals surface area contributed by atoms with Crippen LogP contribution in [0.25, 0.3) is 0 Å². The number of hydrogen-bond donors (Lipinski definition) is 1. The predicted octanol–water partition coefficient (Wildman–Crippen LogP) is 0.651. The van der Waals surface area contributed by atoms with Gasteiger partial charge in [-0.2, -0.15) is 0 Å². The Balaban J connectivity index is 2.07. The first-order chi connectivity index (χ1) is 7.20. The smallest absolute Gasteiger partial charge is 0.242 e. The summed E-state index contributed by atoms with van der Waals surface area (Å²) in [6.45, 7) is 1.47. The molecule has 2 amide bonds. The number of carbonyl (C=O) groups is 2. The van der Waals surface area contributed by atoms with Crippen LogP contribution < -0.4 is 5.32 Å². The molecule has 0 aromatic rings. The van der Waals surface area contributed by atoms with Crippen molar-refractivity contribution in [1.82, 2.24) is 10.2 Å². The molecule has 0 aliphatic carbocycles. The molecular formula is C10H15BrN2O2. The zero-order chi connectivity index (χ0) is 10.8. The van der Waals surface area contributed by atoms with Crippen LogP contribution in [0.5, 0.6) is 0 Å². The molecule has 2 aliphatic heterocycles. The van der Waals surface area contributed by atoms with E-state index in [1.54, 1.807) is 4.90 Å². The van der Waals surface area contributed by atoms with Crippen LogP contribution in [0.4, 0.5) is 0 Å². The number of rotatable bonds is 1. The highest BCUT2D eigenvalue weighted by molar-refractivity contribution is 9.10. The zero-order valence-electron chi connectivity index (χ0n) is 8.54. The van der Waals surface area contributed by atoms with Crippen LogP contribution in [-0.4, -0.2) is 40.7 Å². The molecule has 0 spiro atoms. The second kappa shape index (κ2) is 4.51. The summed E-state index contributed by atoms with van der Waals surface area (Å²) < 4.78 is 0. The highest BCUT2D eigenvalue weighted by Gasteiger charge is 2.36. The van der Waals surface area contributed by atoms with E-state index >= 15 is 0 Å². The maximum absolute atomic E-state index is 11.9. The summed E-state index contributed by atoms with van der Waals surface area (Å²) in [5.41, 5.74) is 0. The van der Waals surface area contributed by atoms with Crippen LogP contribution in [0.3, 0.4) is 0 Å². The first kappa shape index (κ1) is 10.9. The van der Waals surface area contributed by atoms with Gasteiger partial charge in [-0.25, -0.2) is 0 Å². The summed E-state index contributed by atoms with van der Waals surface area (Å²) >= 11 is 3.36. The number of halogens is 1. The monoisotopic (exact) mass is 274 g/mol. The van der Waals surface area contributed by atoms with Gasteiger partial charge >= 0.3 is 0 Å². The van der Waals surface area contributed by atoms with Crippen molar-refractivity contribution in [2.75, 3.05) is 13.1 Å². The quantitative estimate of drug-likeness (QED) is 0.714. The number of hydrogen-bond acceptors (Lipinski definition) is 2. The van der Waals surface area contributed by atoms with Gasteiger partial charge in [-0.3, -0.25) is 9.59 Å². The van der Waals surface area contributed by atoms with Crippen LogP contribution in [0, 0.1) is 0 Å². The minimum atomic E-state index is -0.230. The normalized spacial score (nSPS) is 32.7. The Hall–Kier alpha value is -0.580. The van der Waals surface area contributed by atoms with E-state index in [0.717, 1.165) is 38.8 Å². The molecule has 0 saturated carbocycles. The van der Waals surface area contributed by atoms with E-state index in [4.69, 9.17) is 0 Å². The van der Waals surface area contributed by atoms with Crippen molar-refractivity contribution in [3.8, 4) is 0 Å². The molecule has 2 unspecified atom stereocenters. The summed E-state index contributed by atoms with van der Waals surface area (Å²) in [6.07, 6.45) is 3.62. The van der Waals surface area contributed by atoms with E-state index in [0.29, 0.717) is 0 Å². The Morgan fingerprint density at radius 3 is 2.80 bits per heavy atom. The van der Waals surface area contributed by atoms with Crippen LogP contribution in [0.15, 0.2) is 0 Å². The van der Waals surface area contributed by atoms with Gasteiger partial charge in [-0.1, -0.05) is 15.9 Å². The maximum Gasteiger partial charge on any atom is 0.242 e. The van der Waals surface area contributed by atoms with E-state index in [1.165, 1.54) is 0 Å². The molecule has 2 aliphatic rings. The largest absolute Gasteiger partial charge is 0.354 e. The molecule has 84 valence electrons.